The number of ether oxygens (including phenoxy) is 3. The summed E-state index contributed by atoms with van der Waals surface area (Å²) in [6.07, 6.45) is 0. The molecule has 0 aliphatic rings. The number of benzene rings is 2. The lowest BCUT2D eigenvalue weighted by atomic mass is 10.1. The molecular formula is C22H29F2N3O3. The van der Waals surface area contributed by atoms with Crippen LogP contribution in [0, 0.1) is 0 Å². The summed E-state index contributed by atoms with van der Waals surface area (Å²) in [7, 11) is 1.52. The Hall–Kier alpha value is -2.87. The predicted octanol–water partition coefficient (Wildman–Crippen LogP) is 4.09. The lowest BCUT2D eigenvalue weighted by Gasteiger charge is -2.15. The van der Waals surface area contributed by atoms with Crippen LogP contribution < -0.4 is 20.1 Å². The minimum atomic E-state index is -2.91. The number of rotatable bonds is 11. The molecule has 0 unspecified atom stereocenters. The first-order valence-corrected chi connectivity index (χ1v) is 9.85. The summed E-state index contributed by atoms with van der Waals surface area (Å²) in [5, 5.41) is 6.44. The third kappa shape index (κ3) is 7.51. The molecule has 0 amide bonds. The molecule has 0 fully saturated rings. The maximum Gasteiger partial charge on any atom is 0.387 e. The third-order valence-corrected chi connectivity index (χ3v) is 4.26. The summed E-state index contributed by atoms with van der Waals surface area (Å²) in [5.41, 5.74) is 2.70. The normalized spacial score (nSPS) is 11.5. The van der Waals surface area contributed by atoms with Crippen molar-refractivity contribution in [3.8, 4) is 11.5 Å². The highest BCUT2D eigenvalue weighted by Gasteiger charge is 2.11. The van der Waals surface area contributed by atoms with E-state index in [-0.39, 0.29) is 12.3 Å². The van der Waals surface area contributed by atoms with E-state index >= 15 is 0 Å². The smallest absolute Gasteiger partial charge is 0.387 e. The maximum atomic E-state index is 12.7. The largest absolute Gasteiger partial charge is 0.497 e. The predicted molar refractivity (Wildman–Crippen MR) is 113 cm³/mol. The highest BCUT2D eigenvalue weighted by atomic mass is 19.3. The maximum absolute atomic E-state index is 12.7. The minimum Gasteiger partial charge on any atom is -0.497 e. The quantitative estimate of drug-likeness (QED) is 0.423. The molecule has 2 rings (SSSR count). The van der Waals surface area contributed by atoms with E-state index in [2.05, 4.69) is 20.4 Å². The second-order valence-electron chi connectivity index (χ2n) is 6.31. The fourth-order valence-electron chi connectivity index (χ4n) is 2.79. The van der Waals surface area contributed by atoms with E-state index in [0.717, 1.165) is 11.1 Å². The Morgan fingerprint density at radius 3 is 2.47 bits per heavy atom. The summed E-state index contributed by atoms with van der Waals surface area (Å²) in [4.78, 5) is 4.52. The second-order valence-corrected chi connectivity index (χ2v) is 6.31. The molecule has 0 spiro atoms. The highest BCUT2D eigenvalue weighted by molar-refractivity contribution is 5.79. The van der Waals surface area contributed by atoms with E-state index in [1.54, 1.807) is 12.1 Å². The monoisotopic (exact) mass is 421 g/mol. The van der Waals surface area contributed by atoms with Gasteiger partial charge in [0.15, 0.2) is 5.96 Å². The summed E-state index contributed by atoms with van der Waals surface area (Å²) in [6, 6.07) is 12.7. The van der Waals surface area contributed by atoms with E-state index in [1.807, 2.05) is 38.1 Å². The van der Waals surface area contributed by atoms with Crippen LogP contribution in [0.3, 0.4) is 0 Å². The molecule has 0 atom stereocenters. The molecule has 0 bridgehead atoms. The zero-order chi connectivity index (χ0) is 21.8. The van der Waals surface area contributed by atoms with Crippen LogP contribution in [-0.4, -0.2) is 32.8 Å². The Kier molecular flexibility index (Phi) is 9.86. The van der Waals surface area contributed by atoms with Crippen LogP contribution in [0.5, 0.6) is 11.5 Å². The molecule has 164 valence electrons. The summed E-state index contributed by atoms with van der Waals surface area (Å²) >= 11 is 0. The van der Waals surface area contributed by atoms with Crippen molar-refractivity contribution >= 4 is 5.96 Å². The number of halogens is 2. The zero-order valence-electron chi connectivity index (χ0n) is 17.6. The first-order valence-electron chi connectivity index (χ1n) is 9.85. The SMILES string of the molecule is CCNC(=NCc1cc(OC)ccc1OC(F)F)NCc1ccccc1COCC. The van der Waals surface area contributed by atoms with Crippen LogP contribution >= 0.6 is 0 Å². The van der Waals surface area contributed by atoms with E-state index in [1.165, 1.54) is 13.2 Å². The second kappa shape index (κ2) is 12.6. The molecule has 6 nitrogen and oxygen atoms in total. The van der Waals surface area contributed by atoms with Crippen LogP contribution in [-0.2, 0) is 24.4 Å². The van der Waals surface area contributed by atoms with Crippen LogP contribution in [0.4, 0.5) is 8.78 Å². The van der Waals surface area contributed by atoms with Crippen molar-refractivity contribution < 1.29 is 23.0 Å². The Morgan fingerprint density at radius 2 is 1.80 bits per heavy atom. The fourth-order valence-corrected chi connectivity index (χ4v) is 2.79. The van der Waals surface area contributed by atoms with Crippen LogP contribution in [0.2, 0.25) is 0 Å². The van der Waals surface area contributed by atoms with Crippen molar-refractivity contribution in [2.45, 2.75) is 40.2 Å². The van der Waals surface area contributed by atoms with Gasteiger partial charge in [-0.2, -0.15) is 8.78 Å². The summed E-state index contributed by atoms with van der Waals surface area (Å²) in [6.45, 7) is 3.55. The van der Waals surface area contributed by atoms with E-state index in [0.29, 0.717) is 43.6 Å². The molecule has 0 aromatic heterocycles. The average molecular weight is 421 g/mol. The molecular weight excluding hydrogens is 392 g/mol. The van der Waals surface area contributed by atoms with Crippen molar-refractivity contribution in [1.29, 1.82) is 0 Å². The molecule has 0 radical (unpaired) electrons. The molecule has 0 heterocycles. The number of nitrogens with one attached hydrogen (secondary N) is 2. The van der Waals surface area contributed by atoms with E-state index in [9.17, 15) is 8.78 Å². The van der Waals surface area contributed by atoms with Gasteiger partial charge in [0.1, 0.15) is 11.5 Å². The Morgan fingerprint density at radius 1 is 1.03 bits per heavy atom. The van der Waals surface area contributed by atoms with Crippen LogP contribution in [0.25, 0.3) is 0 Å². The minimum absolute atomic E-state index is 0.0764. The Labute approximate surface area is 176 Å². The molecule has 0 saturated carbocycles. The fraction of sp³-hybridized carbons (Fsp3) is 0.409. The van der Waals surface area contributed by atoms with Crippen molar-refractivity contribution in [3.63, 3.8) is 0 Å². The lowest BCUT2D eigenvalue weighted by molar-refractivity contribution is -0.0504. The third-order valence-electron chi connectivity index (χ3n) is 4.26. The van der Waals surface area contributed by atoms with Gasteiger partial charge in [-0.05, 0) is 43.2 Å². The number of aliphatic imine (C=N–C) groups is 1. The van der Waals surface area contributed by atoms with E-state index < -0.39 is 6.61 Å². The van der Waals surface area contributed by atoms with Gasteiger partial charge in [-0.25, -0.2) is 4.99 Å². The van der Waals surface area contributed by atoms with Crippen molar-refractivity contribution in [3.05, 3.63) is 59.2 Å². The summed E-state index contributed by atoms with van der Waals surface area (Å²) < 4.78 is 40.7. The van der Waals surface area contributed by atoms with Crippen molar-refractivity contribution in [2.24, 2.45) is 4.99 Å². The number of hydrogen-bond acceptors (Lipinski definition) is 4. The van der Waals surface area contributed by atoms with Gasteiger partial charge >= 0.3 is 6.61 Å². The number of alkyl halides is 2. The number of hydrogen-bond donors (Lipinski definition) is 2. The van der Waals surface area contributed by atoms with Gasteiger partial charge in [0, 0.05) is 25.3 Å². The van der Waals surface area contributed by atoms with Gasteiger partial charge in [-0.15, -0.1) is 0 Å². The van der Waals surface area contributed by atoms with Gasteiger partial charge in [-0.3, -0.25) is 0 Å². The lowest BCUT2D eigenvalue weighted by Crippen LogP contribution is -2.37. The standard InChI is InChI=1S/C22H29F2N3O3/c1-4-25-22(26-13-16-8-6-7-9-17(16)15-29-5-2)27-14-18-12-19(28-3)10-11-20(18)30-21(23)24/h6-12,21H,4-5,13-15H2,1-3H3,(H2,25,26,27). The van der Waals surface area contributed by atoms with Crippen LogP contribution in [0.15, 0.2) is 47.5 Å². The van der Waals surface area contributed by atoms with Crippen molar-refractivity contribution in [1.82, 2.24) is 10.6 Å². The van der Waals surface area contributed by atoms with Gasteiger partial charge in [-0.1, -0.05) is 24.3 Å². The first-order chi connectivity index (χ1) is 14.6. The van der Waals surface area contributed by atoms with Crippen LogP contribution in [0.1, 0.15) is 30.5 Å². The van der Waals surface area contributed by atoms with Gasteiger partial charge in [0.05, 0.1) is 20.3 Å². The molecule has 0 aliphatic heterocycles. The number of methoxy groups -OCH3 is 1. The van der Waals surface area contributed by atoms with Gasteiger partial charge in [0.25, 0.3) is 0 Å². The molecule has 0 aliphatic carbocycles. The molecule has 2 aromatic carbocycles. The number of guanidine groups is 1. The Bertz CT molecular complexity index is 816. The van der Waals surface area contributed by atoms with E-state index in [4.69, 9.17) is 9.47 Å². The Balaban J connectivity index is 2.13. The van der Waals surface area contributed by atoms with Gasteiger partial charge < -0.3 is 24.8 Å². The summed E-state index contributed by atoms with van der Waals surface area (Å²) in [5.74, 6) is 1.19. The average Bonchev–Trinajstić information content (AvgIpc) is 2.75. The first kappa shape index (κ1) is 23.4. The van der Waals surface area contributed by atoms with Crippen molar-refractivity contribution in [2.75, 3.05) is 20.3 Å². The number of nitrogens with zero attached hydrogens (tertiary/aromatic N) is 1. The molecule has 30 heavy (non-hydrogen) atoms. The topological polar surface area (TPSA) is 64.1 Å². The van der Waals surface area contributed by atoms with Gasteiger partial charge in [0.2, 0.25) is 0 Å². The molecule has 8 heteroatoms. The molecule has 0 saturated heterocycles. The zero-order valence-corrected chi connectivity index (χ0v) is 17.6. The molecule has 2 N–H and O–H groups in total. The highest BCUT2D eigenvalue weighted by Crippen LogP contribution is 2.26. The molecule has 2 aromatic rings.